The highest BCUT2D eigenvalue weighted by Crippen LogP contribution is 2.36. The van der Waals surface area contributed by atoms with Crippen molar-refractivity contribution in [2.24, 2.45) is 0 Å². The third-order valence-electron chi connectivity index (χ3n) is 6.57. The Morgan fingerprint density at radius 3 is 1.77 bits per heavy atom. The van der Waals surface area contributed by atoms with E-state index in [0.29, 0.717) is 12.2 Å². The lowest BCUT2D eigenvalue weighted by Gasteiger charge is -2.44. The van der Waals surface area contributed by atoms with Crippen LogP contribution in [0, 0.1) is 0 Å². The van der Waals surface area contributed by atoms with Crippen LogP contribution in [0.5, 0.6) is 0 Å². The van der Waals surface area contributed by atoms with Crippen molar-refractivity contribution in [1.29, 1.82) is 0 Å². The molecular formula is C33H32O6S. The molecule has 0 aliphatic carbocycles. The molecule has 4 aromatic carbocycles. The Kier molecular flexibility index (Phi) is 10.0. The molecule has 0 radical (unpaired) electrons. The average molecular weight is 557 g/mol. The Morgan fingerprint density at radius 2 is 1.20 bits per heavy atom. The van der Waals surface area contributed by atoms with Gasteiger partial charge in [-0.05, 0) is 35.4 Å². The van der Waals surface area contributed by atoms with Gasteiger partial charge in [0, 0.05) is 4.90 Å². The second-order valence-electron chi connectivity index (χ2n) is 9.45. The molecule has 1 heterocycles. The van der Waals surface area contributed by atoms with Crippen LogP contribution in [0.4, 0.5) is 0 Å². The summed E-state index contributed by atoms with van der Waals surface area (Å²) >= 11 is 1.46. The second-order valence-corrected chi connectivity index (χ2v) is 10.6. The molecule has 0 spiro atoms. The topological polar surface area (TPSA) is 74.2 Å². The lowest BCUT2D eigenvalue weighted by Crippen LogP contribution is -2.59. The van der Waals surface area contributed by atoms with Crippen molar-refractivity contribution < 1.29 is 28.8 Å². The normalized spacial score (nSPS) is 22.5. The number of ether oxygens (including phenoxy) is 4. The van der Waals surface area contributed by atoms with Crippen LogP contribution in [0.2, 0.25) is 0 Å². The molecule has 40 heavy (non-hydrogen) atoms. The van der Waals surface area contributed by atoms with Crippen molar-refractivity contribution in [3.8, 4) is 0 Å². The van der Waals surface area contributed by atoms with E-state index in [1.54, 1.807) is 24.3 Å². The molecule has 206 valence electrons. The summed E-state index contributed by atoms with van der Waals surface area (Å²) in [5, 5.41) is 11.7. The summed E-state index contributed by atoms with van der Waals surface area (Å²) < 4.78 is 24.7. The average Bonchev–Trinajstić information content (AvgIpc) is 3.01. The van der Waals surface area contributed by atoms with E-state index in [1.807, 2.05) is 97.1 Å². The van der Waals surface area contributed by atoms with Crippen molar-refractivity contribution in [2.75, 3.05) is 6.61 Å². The van der Waals surface area contributed by atoms with Gasteiger partial charge in [-0.1, -0.05) is 109 Å². The van der Waals surface area contributed by atoms with Gasteiger partial charge in [-0.2, -0.15) is 0 Å². The van der Waals surface area contributed by atoms with Gasteiger partial charge < -0.3 is 24.1 Å². The number of aliphatic hydroxyl groups is 1. The number of thioether (sulfide) groups is 1. The zero-order valence-electron chi connectivity index (χ0n) is 22.0. The van der Waals surface area contributed by atoms with Crippen LogP contribution in [-0.2, 0) is 32.2 Å². The number of carbonyl (C=O) groups excluding carboxylic acids is 1. The first-order valence-corrected chi connectivity index (χ1v) is 14.1. The van der Waals surface area contributed by atoms with Crippen molar-refractivity contribution in [1.82, 2.24) is 0 Å². The number of hydrogen-bond acceptors (Lipinski definition) is 7. The minimum atomic E-state index is -1.04. The first-order valence-electron chi connectivity index (χ1n) is 13.3. The van der Waals surface area contributed by atoms with E-state index in [0.717, 1.165) is 16.0 Å². The third kappa shape index (κ3) is 7.59. The monoisotopic (exact) mass is 556 g/mol. The lowest BCUT2D eigenvalue weighted by atomic mass is 9.99. The predicted molar refractivity (Wildman–Crippen MR) is 154 cm³/mol. The van der Waals surface area contributed by atoms with E-state index in [1.165, 1.54) is 11.8 Å². The third-order valence-corrected chi connectivity index (χ3v) is 7.73. The summed E-state index contributed by atoms with van der Waals surface area (Å²) in [4.78, 5) is 13.7. The zero-order chi connectivity index (χ0) is 27.6. The van der Waals surface area contributed by atoms with Crippen LogP contribution < -0.4 is 0 Å². The van der Waals surface area contributed by atoms with Gasteiger partial charge in [0.05, 0.1) is 18.8 Å². The first-order chi connectivity index (χ1) is 19.7. The highest BCUT2D eigenvalue weighted by molar-refractivity contribution is 7.99. The summed E-state index contributed by atoms with van der Waals surface area (Å²) in [5.41, 5.74) is 1.81. The summed E-state index contributed by atoms with van der Waals surface area (Å²) in [6.07, 6.45) is -3.25. The van der Waals surface area contributed by atoms with Gasteiger partial charge in [-0.15, -0.1) is 0 Å². The van der Waals surface area contributed by atoms with Gasteiger partial charge in [0.1, 0.15) is 36.5 Å². The fourth-order valence-corrected chi connectivity index (χ4v) is 5.64. The largest absolute Gasteiger partial charge is 0.459 e. The predicted octanol–water partition coefficient (Wildman–Crippen LogP) is 5.89. The van der Waals surface area contributed by atoms with Gasteiger partial charge in [0.15, 0.2) is 0 Å². The minimum Gasteiger partial charge on any atom is -0.459 e. The molecule has 1 N–H and O–H groups in total. The smallest absolute Gasteiger partial charge is 0.338 e. The Bertz CT molecular complexity index is 1310. The number of hydrogen-bond donors (Lipinski definition) is 1. The van der Waals surface area contributed by atoms with Crippen LogP contribution in [0.3, 0.4) is 0 Å². The van der Waals surface area contributed by atoms with Crippen molar-refractivity contribution in [3.63, 3.8) is 0 Å². The summed E-state index contributed by atoms with van der Waals surface area (Å²) in [6, 6.07) is 38.1. The fraction of sp³-hybridized carbons (Fsp3) is 0.242. The Balaban J connectivity index is 1.37. The molecule has 1 aliphatic heterocycles. The van der Waals surface area contributed by atoms with Crippen molar-refractivity contribution in [2.45, 2.75) is 48.0 Å². The molecule has 4 aromatic rings. The zero-order valence-corrected chi connectivity index (χ0v) is 22.8. The lowest BCUT2D eigenvalue weighted by molar-refractivity contribution is -0.237. The molecule has 0 amide bonds. The highest BCUT2D eigenvalue weighted by Gasteiger charge is 2.47. The van der Waals surface area contributed by atoms with Crippen molar-refractivity contribution >= 4 is 17.7 Å². The molecule has 6 nitrogen and oxygen atoms in total. The quantitative estimate of drug-likeness (QED) is 0.231. The Hall–Kier alpha value is -3.46. The van der Waals surface area contributed by atoms with Gasteiger partial charge in [-0.25, -0.2) is 4.79 Å². The van der Waals surface area contributed by atoms with Crippen LogP contribution in [0.1, 0.15) is 21.5 Å². The van der Waals surface area contributed by atoms with E-state index in [9.17, 15) is 9.90 Å². The molecule has 1 fully saturated rings. The van der Waals surface area contributed by atoms with E-state index in [2.05, 4.69) is 0 Å². The van der Waals surface area contributed by atoms with Crippen molar-refractivity contribution in [3.05, 3.63) is 138 Å². The number of rotatable bonds is 11. The maximum Gasteiger partial charge on any atom is 0.338 e. The molecule has 0 aromatic heterocycles. The first kappa shape index (κ1) is 28.1. The molecule has 0 saturated carbocycles. The maximum absolute atomic E-state index is 12.7. The molecule has 5 atom stereocenters. The van der Waals surface area contributed by atoms with E-state index in [-0.39, 0.29) is 13.2 Å². The van der Waals surface area contributed by atoms with Crippen LogP contribution >= 0.6 is 11.8 Å². The maximum atomic E-state index is 12.7. The van der Waals surface area contributed by atoms with Gasteiger partial charge in [0.2, 0.25) is 0 Å². The number of esters is 1. The molecule has 3 unspecified atom stereocenters. The van der Waals surface area contributed by atoms with Gasteiger partial charge >= 0.3 is 5.97 Å². The number of carbonyl (C=O) groups is 1. The molecule has 0 bridgehead atoms. The van der Waals surface area contributed by atoms with Gasteiger partial charge in [-0.3, -0.25) is 0 Å². The molecule has 5 rings (SSSR count). The number of aliphatic hydroxyl groups excluding tert-OH is 1. The summed E-state index contributed by atoms with van der Waals surface area (Å²) in [7, 11) is 0. The number of benzene rings is 4. The highest BCUT2D eigenvalue weighted by atomic mass is 32.2. The van der Waals surface area contributed by atoms with E-state index >= 15 is 0 Å². The Labute approximate surface area is 238 Å². The van der Waals surface area contributed by atoms with Crippen LogP contribution in [-0.4, -0.2) is 47.5 Å². The molecule has 1 saturated heterocycles. The minimum absolute atomic E-state index is 0.0818. The summed E-state index contributed by atoms with van der Waals surface area (Å²) in [5.74, 6) is -0.463. The molecule has 1 aliphatic rings. The van der Waals surface area contributed by atoms with E-state index in [4.69, 9.17) is 18.9 Å². The summed E-state index contributed by atoms with van der Waals surface area (Å²) in [6.45, 7) is 0.481. The van der Waals surface area contributed by atoms with E-state index < -0.39 is 35.8 Å². The molecular weight excluding hydrogens is 524 g/mol. The Morgan fingerprint density at radius 1 is 0.700 bits per heavy atom. The van der Waals surface area contributed by atoms with Gasteiger partial charge in [0.25, 0.3) is 0 Å². The molecule has 7 heteroatoms. The standard InChI is InChI=1S/C33H32O6S/c34-29-30(36-21-24-13-5-1-6-14-24)28(23-38-32(35)26-17-9-3-10-18-26)39-33(40-27-19-11-4-12-20-27)31(29)37-22-25-15-7-2-8-16-25/h1-20,28-31,33-34H,21-23H2/t28?,29?,30-,31?,33-/m0/s1. The SMILES string of the molecule is O=C(OCC1O[C@@H](Sc2ccccc2)C(OCc2ccccc2)C(O)[C@H]1OCc1ccccc1)c1ccccc1. The van der Waals surface area contributed by atoms with Crippen LogP contribution in [0.25, 0.3) is 0 Å². The van der Waals surface area contributed by atoms with Crippen LogP contribution in [0.15, 0.2) is 126 Å². The fourth-order valence-electron chi connectivity index (χ4n) is 4.49. The second kappa shape index (κ2) is 14.3.